The summed E-state index contributed by atoms with van der Waals surface area (Å²) < 4.78 is 0. The number of fused-ring (bicyclic) bond motifs is 1. The smallest absolute Gasteiger partial charge is 0.223 e. The highest BCUT2D eigenvalue weighted by atomic mass is 16.1. The molecule has 2 aromatic carbocycles. The number of likely N-dealkylation sites (tertiary alicyclic amines) is 1. The molecule has 0 saturated carbocycles. The van der Waals surface area contributed by atoms with Crippen LogP contribution in [0.1, 0.15) is 45.1 Å². The van der Waals surface area contributed by atoms with E-state index in [1.54, 1.807) is 0 Å². The number of carbonyl (C=O) groups excluding carboxylic acids is 1. The molecular weight excluding hydrogens is 308 g/mol. The van der Waals surface area contributed by atoms with E-state index in [0.29, 0.717) is 6.04 Å². The van der Waals surface area contributed by atoms with Crippen molar-refractivity contribution in [3.8, 4) is 0 Å². The minimum Gasteiger partial charge on any atom is -0.353 e. The molecule has 1 atom stereocenters. The third kappa shape index (κ3) is 4.60. The lowest BCUT2D eigenvalue weighted by Gasteiger charge is -2.32. The summed E-state index contributed by atoms with van der Waals surface area (Å²) in [5.74, 6) is 0.439. The maximum absolute atomic E-state index is 12.4. The highest BCUT2D eigenvalue weighted by molar-refractivity contribution is 5.85. The van der Waals surface area contributed by atoms with Gasteiger partial charge in [0.05, 0.1) is 0 Å². The monoisotopic (exact) mass is 338 g/mol. The van der Waals surface area contributed by atoms with Crippen molar-refractivity contribution in [2.45, 2.75) is 52.1 Å². The van der Waals surface area contributed by atoms with Gasteiger partial charge >= 0.3 is 0 Å². The molecule has 3 rings (SSSR count). The second kappa shape index (κ2) is 8.48. The maximum Gasteiger partial charge on any atom is 0.223 e. The molecule has 0 radical (unpaired) electrons. The largest absolute Gasteiger partial charge is 0.353 e. The van der Waals surface area contributed by atoms with Crippen LogP contribution in [0.15, 0.2) is 42.5 Å². The Kier molecular flexibility index (Phi) is 6.09. The van der Waals surface area contributed by atoms with E-state index >= 15 is 0 Å². The summed E-state index contributed by atoms with van der Waals surface area (Å²) in [6, 6.07) is 15.4. The third-order valence-electron chi connectivity index (χ3n) is 5.34. The van der Waals surface area contributed by atoms with Gasteiger partial charge in [-0.3, -0.25) is 9.69 Å². The molecular formula is C22H30N2O. The van der Waals surface area contributed by atoms with Crippen molar-refractivity contribution < 1.29 is 4.79 Å². The van der Waals surface area contributed by atoms with Crippen LogP contribution in [0.25, 0.3) is 10.8 Å². The van der Waals surface area contributed by atoms with Crippen LogP contribution in [0.5, 0.6) is 0 Å². The van der Waals surface area contributed by atoms with Crippen LogP contribution < -0.4 is 5.32 Å². The normalized spacial score (nSPS) is 17.5. The molecule has 25 heavy (non-hydrogen) atoms. The maximum atomic E-state index is 12.4. The average Bonchev–Trinajstić information content (AvgIpc) is 2.63. The molecule has 0 aromatic heterocycles. The zero-order valence-corrected chi connectivity index (χ0v) is 15.5. The summed E-state index contributed by atoms with van der Waals surface area (Å²) in [6.07, 6.45) is 4.11. The Morgan fingerprint density at radius 1 is 1.16 bits per heavy atom. The Hall–Kier alpha value is -1.87. The molecule has 0 bridgehead atoms. The second-order valence-corrected chi connectivity index (χ2v) is 7.39. The predicted octanol–water partition coefficient (Wildman–Crippen LogP) is 4.36. The third-order valence-corrected chi connectivity index (χ3v) is 5.34. The molecule has 1 unspecified atom stereocenters. The van der Waals surface area contributed by atoms with Crippen LogP contribution in [0.4, 0.5) is 0 Å². The first-order chi connectivity index (χ1) is 12.2. The van der Waals surface area contributed by atoms with E-state index in [1.807, 2.05) is 0 Å². The van der Waals surface area contributed by atoms with Crippen LogP contribution >= 0.6 is 0 Å². The van der Waals surface area contributed by atoms with Crippen LogP contribution in [-0.2, 0) is 11.3 Å². The van der Waals surface area contributed by atoms with E-state index in [4.69, 9.17) is 0 Å². The molecule has 1 heterocycles. The minimum atomic E-state index is 0.183. The lowest BCUT2D eigenvalue weighted by atomic mass is 9.94. The summed E-state index contributed by atoms with van der Waals surface area (Å²) in [5.41, 5.74) is 1.39. The van der Waals surface area contributed by atoms with Crippen molar-refractivity contribution in [1.29, 1.82) is 0 Å². The first-order valence-electron chi connectivity index (χ1n) is 9.66. The Morgan fingerprint density at radius 2 is 1.88 bits per heavy atom. The molecule has 1 N–H and O–H groups in total. The van der Waals surface area contributed by atoms with E-state index in [-0.39, 0.29) is 11.8 Å². The number of hydrogen-bond donors (Lipinski definition) is 1. The summed E-state index contributed by atoms with van der Waals surface area (Å²) in [4.78, 5) is 14.9. The summed E-state index contributed by atoms with van der Waals surface area (Å²) in [5, 5.41) is 5.83. The van der Waals surface area contributed by atoms with Crippen LogP contribution in [-0.4, -0.2) is 29.9 Å². The van der Waals surface area contributed by atoms with Gasteiger partial charge in [-0.2, -0.15) is 0 Å². The van der Waals surface area contributed by atoms with Crippen molar-refractivity contribution in [3.05, 3.63) is 48.0 Å². The number of benzene rings is 2. The first-order valence-corrected chi connectivity index (χ1v) is 9.66. The number of rotatable bonds is 6. The first kappa shape index (κ1) is 17.9. The number of hydrogen-bond acceptors (Lipinski definition) is 2. The minimum absolute atomic E-state index is 0.183. The lowest BCUT2D eigenvalue weighted by molar-refractivity contribution is -0.127. The molecule has 134 valence electrons. The van der Waals surface area contributed by atoms with E-state index in [0.717, 1.165) is 45.3 Å². The quantitative estimate of drug-likeness (QED) is 0.849. The van der Waals surface area contributed by atoms with Crippen molar-refractivity contribution in [2.24, 2.45) is 5.92 Å². The van der Waals surface area contributed by atoms with Crippen LogP contribution in [0.2, 0.25) is 0 Å². The van der Waals surface area contributed by atoms with E-state index < -0.39 is 0 Å². The van der Waals surface area contributed by atoms with Gasteiger partial charge in [0.1, 0.15) is 0 Å². The molecule has 1 amide bonds. The highest BCUT2D eigenvalue weighted by Crippen LogP contribution is 2.23. The number of carbonyl (C=O) groups is 1. The van der Waals surface area contributed by atoms with Crippen molar-refractivity contribution >= 4 is 16.7 Å². The van der Waals surface area contributed by atoms with Gasteiger partial charge in [-0.1, -0.05) is 55.8 Å². The number of nitrogens with zero attached hydrogens (tertiary/aromatic N) is 1. The molecule has 2 aromatic rings. The van der Waals surface area contributed by atoms with Gasteiger partial charge < -0.3 is 5.32 Å². The number of piperidine rings is 1. The van der Waals surface area contributed by atoms with E-state index in [9.17, 15) is 4.79 Å². The summed E-state index contributed by atoms with van der Waals surface area (Å²) in [7, 11) is 0. The number of nitrogens with one attached hydrogen (secondary N) is 1. The molecule has 1 fully saturated rings. The fourth-order valence-corrected chi connectivity index (χ4v) is 3.89. The Labute approximate surface area is 151 Å². The summed E-state index contributed by atoms with van der Waals surface area (Å²) >= 11 is 0. The zero-order chi connectivity index (χ0) is 17.6. The molecule has 0 aliphatic carbocycles. The van der Waals surface area contributed by atoms with Crippen molar-refractivity contribution in [3.63, 3.8) is 0 Å². The van der Waals surface area contributed by atoms with Gasteiger partial charge in [0.25, 0.3) is 0 Å². The fourth-order valence-electron chi connectivity index (χ4n) is 3.89. The summed E-state index contributed by atoms with van der Waals surface area (Å²) in [6.45, 7) is 7.25. The van der Waals surface area contributed by atoms with Crippen molar-refractivity contribution in [1.82, 2.24) is 10.2 Å². The van der Waals surface area contributed by atoms with Crippen LogP contribution in [0, 0.1) is 5.92 Å². The number of amides is 1. The Morgan fingerprint density at radius 3 is 2.64 bits per heavy atom. The van der Waals surface area contributed by atoms with Gasteiger partial charge in [0.15, 0.2) is 0 Å². The molecule has 3 nitrogen and oxygen atoms in total. The zero-order valence-electron chi connectivity index (χ0n) is 15.5. The highest BCUT2D eigenvalue weighted by Gasteiger charge is 2.25. The van der Waals surface area contributed by atoms with Gasteiger partial charge in [-0.25, -0.2) is 0 Å². The van der Waals surface area contributed by atoms with E-state index in [2.05, 4.69) is 66.5 Å². The SMILES string of the molecule is CCCC(C)NC(=O)C1CCN(Cc2cccc3ccccc23)CC1. The topological polar surface area (TPSA) is 32.3 Å². The van der Waals surface area contributed by atoms with Crippen LogP contribution in [0.3, 0.4) is 0 Å². The van der Waals surface area contributed by atoms with Gasteiger partial charge in [-0.15, -0.1) is 0 Å². The second-order valence-electron chi connectivity index (χ2n) is 7.39. The fraction of sp³-hybridized carbons (Fsp3) is 0.500. The Bertz CT molecular complexity index is 699. The Balaban J connectivity index is 1.55. The van der Waals surface area contributed by atoms with E-state index in [1.165, 1.54) is 16.3 Å². The standard InChI is InChI=1S/C22H30N2O/c1-3-7-17(2)23-22(25)19-12-14-24(15-13-19)16-20-10-6-9-18-8-4-5-11-21(18)20/h4-6,8-11,17,19H,3,7,12-16H2,1-2H3,(H,23,25). The predicted molar refractivity (Wildman–Crippen MR) is 104 cm³/mol. The molecule has 1 saturated heterocycles. The average molecular weight is 338 g/mol. The lowest BCUT2D eigenvalue weighted by Crippen LogP contribution is -2.42. The van der Waals surface area contributed by atoms with Crippen molar-refractivity contribution in [2.75, 3.05) is 13.1 Å². The molecule has 1 aliphatic rings. The van der Waals surface area contributed by atoms with Gasteiger partial charge in [0.2, 0.25) is 5.91 Å². The van der Waals surface area contributed by atoms with Gasteiger partial charge in [0, 0.05) is 18.5 Å². The molecule has 3 heteroatoms. The molecule has 0 spiro atoms. The molecule has 1 aliphatic heterocycles. The van der Waals surface area contributed by atoms with Gasteiger partial charge in [-0.05, 0) is 55.6 Å².